The highest BCUT2D eigenvalue weighted by atomic mass is 128. The zero-order chi connectivity index (χ0) is 18.2. The summed E-state index contributed by atoms with van der Waals surface area (Å²) in [4.78, 5) is 20.0. The van der Waals surface area contributed by atoms with Crippen LogP contribution in [0.5, 0.6) is 0 Å². The second kappa shape index (κ2) is 35.4. The average Bonchev–Trinajstić information content (AvgIpc) is 2.60. The van der Waals surface area contributed by atoms with E-state index >= 15 is 0 Å². The van der Waals surface area contributed by atoms with Gasteiger partial charge < -0.3 is 4.79 Å². The summed E-state index contributed by atoms with van der Waals surface area (Å²) in [5.74, 6) is 0. The van der Waals surface area contributed by atoms with Gasteiger partial charge in [-0.2, -0.15) is 0 Å². The zero-order valence-corrected chi connectivity index (χ0v) is 22.2. The molecule has 0 fully saturated rings. The summed E-state index contributed by atoms with van der Waals surface area (Å²) in [5, 5.41) is 0. The first kappa shape index (κ1) is 32.9. The molecule has 0 unspecified atom stereocenters. The lowest BCUT2D eigenvalue weighted by Crippen LogP contribution is -1.83. The second-order valence-corrected chi connectivity index (χ2v) is 5.66. The van der Waals surface area contributed by atoms with Crippen LogP contribution in [0.2, 0.25) is 0 Å². The molecule has 0 saturated heterocycles. The minimum atomic E-state index is 0. The van der Waals surface area contributed by atoms with Crippen LogP contribution in [0.3, 0.4) is 0 Å². The molecule has 0 aliphatic carbocycles. The summed E-state index contributed by atoms with van der Waals surface area (Å²) in [5.41, 5.74) is 0.737. The van der Waals surface area contributed by atoms with E-state index in [1.165, 1.54) is 57.8 Å². The lowest BCUT2D eigenvalue weighted by molar-refractivity contribution is -0.108. The van der Waals surface area contributed by atoms with E-state index in [9.17, 15) is 9.59 Å². The van der Waals surface area contributed by atoms with E-state index < -0.39 is 0 Å². The second-order valence-electron chi connectivity index (χ2n) is 5.66. The molecule has 0 aromatic heterocycles. The van der Waals surface area contributed by atoms with Crippen LogP contribution >= 0.6 is 61.2 Å². The molecule has 0 rings (SSSR count). The van der Waals surface area contributed by atoms with Gasteiger partial charge in [-0.3, -0.25) is 4.79 Å². The Morgan fingerprint density at radius 1 is 0.792 bits per heavy atom. The Labute approximate surface area is 191 Å². The number of carbonyl (C=O) groups excluding carboxylic acids is 2. The molecule has 0 amide bonds. The van der Waals surface area contributed by atoms with Gasteiger partial charge in [0.05, 0.1) is 0 Å². The van der Waals surface area contributed by atoms with Gasteiger partial charge in [0.1, 0.15) is 12.6 Å². The van der Waals surface area contributed by atoms with E-state index in [1.54, 1.807) is 0 Å². The number of carbonyl (C=O) groups is 2. The highest BCUT2D eigenvalue weighted by Gasteiger charge is 1.91. The maximum atomic E-state index is 10.1. The summed E-state index contributed by atoms with van der Waals surface area (Å²) in [6.45, 7) is 8.04. The largest absolute Gasteiger partial charge is 0.303 e. The van der Waals surface area contributed by atoms with Gasteiger partial charge in [0.25, 0.3) is 0 Å². The molecular weight excluding hydrogens is 641 g/mol. The van der Waals surface area contributed by atoms with E-state index in [0.29, 0.717) is 0 Å². The third kappa shape index (κ3) is 38.7. The third-order valence-electron chi connectivity index (χ3n) is 3.44. The maximum absolute atomic E-state index is 10.1. The standard InChI is InChI=1S/C10H18O.C9H18O.I2.HI/c1-3-4-5-6-7-8-10(2)9-11;1-2-3-4-5-6-7-8-9-10;1-2;/h9H,2-8H2,1H3;9H,2-8H2,1H3;;1H. The summed E-state index contributed by atoms with van der Waals surface area (Å²) in [7, 11) is 0. The zero-order valence-electron chi connectivity index (χ0n) is 15.5. The molecular formula is C19H37I3O2. The molecule has 0 heterocycles. The highest BCUT2D eigenvalue weighted by molar-refractivity contribution is 15.0. The van der Waals surface area contributed by atoms with Crippen LogP contribution in [0.25, 0.3) is 0 Å². The Hall–Kier alpha value is 1.27. The predicted octanol–water partition coefficient (Wildman–Crippen LogP) is 8.43. The van der Waals surface area contributed by atoms with Crippen LogP contribution in [0.15, 0.2) is 12.2 Å². The molecule has 0 spiro atoms. The van der Waals surface area contributed by atoms with Crippen molar-refractivity contribution in [1.29, 1.82) is 0 Å². The monoisotopic (exact) mass is 678 g/mol. The van der Waals surface area contributed by atoms with E-state index in [-0.39, 0.29) is 24.0 Å². The SMILES string of the molecule is C=C(C=O)CCCCCCC.CCCCCCCCC=O.I.II. The predicted molar refractivity (Wildman–Crippen MR) is 136 cm³/mol. The summed E-state index contributed by atoms with van der Waals surface area (Å²) >= 11 is 4.24. The number of hydrogen-bond acceptors (Lipinski definition) is 2. The first-order valence-corrected chi connectivity index (χ1v) is 15.2. The van der Waals surface area contributed by atoms with Gasteiger partial charge in [0, 0.05) is 43.7 Å². The smallest absolute Gasteiger partial charge is 0.145 e. The Morgan fingerprint density at radius 3 is 1.62 bits per heavy atom. The van der Waals surface area contributed by atoms with Crippen LogP contribution < -0.4 is 0 Å². The van der Waals surface area contributed by atoms with Gasteiger partial charge >= 0.3 is 0 Å². The van der Waals surface area contributed by atoms with Gasteiger partial charge in [-0.05, 0) is 24.8 Å². The third-order valence-corrected chi connectivity index (χ3v) is 3.44. The van der Waals surface area contributed by atoms with Gasteiger partial charge in [-0.1, -0.05) is 78.2 Å². The number of aldehydes is 2. The molecule has 2 nitrogen and oxygen atoms in total. The average molecular weight is 678 g/mol. The lowest BCUT2D eigenvalue weighted by Gasteiger charge is -1.97. The summed E-state index contributed by atoms with van der Waals surface area (Å²) in [6.07, 6.45) is 17.4. The van der Waals surface area contributed by atoms with Crippen molar-refractivity contribution in [2.24, 2.45) is 0 Å². The minimum Gasteiger partial charge on any atom is -0.303 e. The normalized spacial score (nSPS) is 8.67. The summed E-state index contributed by atoms with van der Waals surface area (Å²) < 4.78 is 0. The molecule has 0 aromatic rings. The van der Waals surface area contributed by atoms with Crippen molar-refractivity contribution in [2.75, 3.05) is 0 Å². The van der Waals surface area contributed by atoms with Crippen molar-refractivity contribution < 1.29 is 9.59 Å². The van der Waals surface area contributed by atoms with E-state index in [1.807, 2.05) is 0 Å². The Kier molecular flexibility index (Phi) is 48.5. The van der Waals surface area contributed by atoms with Crippen LogP contribution in [-0.2, 0) is 9.59 Å². The van der Waals surface area contributed by atoms with E-state index in [2.05, 4.69) is 57.7 Å². The molecule has 0 aromatic carbocycles. The molecule has 0 bridgehead atoms. The van der Waals surface area contributed by atoms with Crippen molar-refractivity contribution in [3.05, 3.63) is 12.2 Å². The van der Waals surface area contributed by atoms with Crippen LogP contribution in [0.4, 0.5) is 0 Å². The van der Waals surface area contributed by atoms with Crippen LogP contribution in [0.1, 0.15) is 97.3 Å². The number of unbranched alkanes of at least 4 members (excludes halogenated alkanes) is 10. The van der Waals surface area contributed by atoms with Crippen molar-refractivity contribution in [3.8, 4) is 0 Å². The molecule has 0 aliphatic rings. The molecule has 0 N–H and O–H groups in total. The van der Waals surface area contributed by atoms with Crippen molar-refractivity contribution in [3.63, 3.8) is 0 Å². The molecule has 0 saturated carbocycles. The first-order chi connectivity index (χ1) is 11.2. The number of halogens is 3. The van der Waals surface area contributed by atoms with Crippen molar-refractivity contribution in [2.45, 2.75) is 97.3 Å². The molecule has 5 heteroatoms. The van der Waals surface area contributed by atoms with Gasteiger partial charge in [-0.25, -0.2) is 0 Å². The molecule has 24 heavy (non-hydrogen) atoms. The lowest BCUT2D eigenvalue weighted by atomic mass is 10.1. The topological polar surface area (TPSA) is 34.1 Å². The van der Waals surface area contributed by atoms with Crippen molar-refractivity contribution >= 4 is 73.8 Å². The van der Waals surface area contributed by atoms with Crippen molar-refractivity contribution in [1.82, 2.24) is 0 Å². The van der Waals surface area contributed by atoms with E-state index in [4.69, 9.17) is 0 Å². The number of rotatable bonds is 14. The Balaban J connectivity index is -0.000000146. The van der Waals surface area contributed by atoms with Crippen LogP contribution in [-0.4, -0.2) is 12.6 Å². The quantitative estimate of drug-likeness (QED) is 0.0801. The maximum Gasteiger partial charge on any atom is 0.145 e. The summed E-state index contributed by atoms with van der Waals surface area (Å²) in [6, 6.07) is 0. The molecule has 146 valence electrons. The Morgan fingerprint density at radius 2 is 1.21 bits per heavy atom. The van der Waals surface area contributed by atoms with Gasteiger partial charge in [0.2, 0.25) is 0 Å². The van der Waals surface area contributed by atoms with Gasteiger partial charge in [-0.15, -0.1) is 24.0 Å². The van der Waals surface area contributed by atoms with Crippen LogP contribution in [0, 0.1) is 0 Å². The molecule has 0 radical (unpaired) electrons. The minimum absolute atomic E-state index is 0. The fourth-order valence-corrected chi connectivity index (χ4v) is 2.02. The number of hydrogen-bond donors (Lipinski definition) is 0. The first-order valence-electron chi connectivity index (χ1n) is 8.93. The number of allylic oxidation sites excluding steroid dienone is 1. The van der Waals surface area contributed by atoms with E-state index in [0.717, 1.165) is 43.8 Å². The fourth-order valence-electron chi connectivity index (χ4n) is 2.02. The Bertz CT molecular complexity index is 247. The molecule has 0 atom stereocenters. The molecule has 0 aliphatic heterocycles. The highest BCUT2D eigenvalue weighted by Crippen LogP contribution is 2.08. The van der Waals surface area contributed by atoms with Gasteiger partial charge in [0.15, 0.2) is 0 Å². The fraction of sp³-hybridized carbons (Fsp3) is 0.789.